The van der Waals surface area contributed by atoms with Gasteiger partial charge in [0.25, 0.3) is 5.91 Å². The molecule has 1 N–H and O–H groups in total. The number of amides is 1. The molecular formula is C19H16N2O5S. The topological polar surface area (TPSA) is 78.4 Å². The maximum Gasteiger partial charge on any atom is 0.264 e. The van der Waals surface area contributed by atoms with E-state index in [1.165, 1.54) is 11.8 Å². The molecular weight excluding hydrogens is 368 g/mol. The zero-order valence-corrected chi connectivity index (χ0v) is 15.5. The van der Waals surface area contributed by atoms with Gasteiger partial charge in [-0.15, -0.1) is 0 Å². The van der Waals surface area contributed by atoms with E-state index in [1.807, 2.05) is 18.2 Å². The number of fused-ring (bicyclic) bond motifs is 1. The Morgan fingerprint density at radius 1 is 1.11 bits per heavy atom. The van der Waals surface area contributed by atoms with E-state index in [0.29, 0.717) is 38.8 Å². The van der Waals surface area contributed by atoms with Crippen LogP contribution in [0.3, 0.4) is 0 Å². The van der Waals surface area contributed by atoms with E-state index in [1.54, 1.807) is 38.5 Å². The van der Waals surface area contributed by atoms with Gasteiger partial charge in [-0.1, -0.05) is 6.07 Å². The summed E-state index contributed by atoms with van der Waals surface area (Å²) in [6.07, 6.45) is 1.79. The van der Waals surface area contributed by atoms with Crippen LogP contribution in [0.4, 0.5) is 5.69 Å². The number of rotatable bonds is 4. The first-order valence-electron chi connectivity index (χ1n) is 8.07. The summed E-state index contributed by atoms with van der Waals surface area (Å²) in [6.45, 7) is 0.213. The number of nitrogens with one attached hydrogen (secondary N) is 1. The fourth-order valence-corrected chi connectivity index (χ4v) is 3.46. The van der Waals surface area contributed by atoms with E-state index in [9.17, 15) is 4.79 Å². The van der Waals surface area contributed by atoms with Crippen molar-refractivity contribution in [3.63, 3.8) is 0 Å². The Morgan fingerprint density at radius 2 is 1.96 bits per heavy atom. The lowest BCUT2D eigenvalue weighted by atomic mass is 10.2. The summed E-state index contributed by atoms with van der Waals surface area (Å²) in [6, 6.07) is 10.8. The maximum atomic E-state index is 12.3. The fourth-order valence-electron chi connectivity index (χ4n) is 2.62. The summed E-state index contributed by atoms with van der Waals surface area (Å²) in [4.78, 5) is 17.3. The van der Waals surface area contributed by atoms with Crippen LogP contribution in [0, 0.1) is 0 Å². The molecule has 7 nitrogen and oxygen atoms in total. The average molecular weight is 384 g/mol. The third-order valence-electron chi connectivity index (χ3n) is 3.95. The van der Waals surface area contributed by atoms with Crippen molar-refractivity contribution in [2.75, 3.05) is 21.0 Å². The van der Waals surface area contributed by atoms with E-state index >= 15 is 0 Å². The smallest absolute Gasteiger partial charge is 0.264 e. The van der Waals surface area contributed by atoms with E-state index in [-0.39, 0.29) is 12.7 Å². The van der Waals surface area contributed by atoms with Crippen molar-refractivity contribution in [2.24, 2.45) is 4.99 Å². The maximum absolute atomic E-state index is 12.3. The zero-order chi connectivity index (χ0) is 18.8. The molecule has 0 aromatic heterocycles. The number of methoxy groups -OCH3 is 2. The first kappa shape index (κ1) is 17.3. The van der Waals surface area contributed by atoms with Crippen molar-refractivity contribution >= 4 is 34.6 Å². The lowest BCUT2D eigenvalue weighted by Crippen LogP contribution is -2.19. The van der Waals surface area contributed by atoms with Gasteiger partial charge >= 0.3 is 0 Å². The predicted molar refractivity (Wildman–Crippen MR) is 103 cm³/mol. The monoisotopic (exact) mass is 384 g/mol. The molecule has 1 saturated heterocycles. The van der Waals surface area contributed by atoms with Crippen LogP contribution in [-0.4, -0.2) is 32.1 Å². The molecule has 1 amide bonds. The van der Waals surface area contributed by atoms with Gasteiger partial charge in [0.05, 0.1) is 19.1 Å². The van der Waals surface area contributed by atoms with Gasteiger partial charge in [-0.25, -0.2) is 4.99 Å². The fraction of sp³-hybridized carbons (Fsp3) is 0.158. The number of thioether (sulfide) groups is 1. The third kappa shape index (κ3) is 3.56. The molecule has 8 heteroatoms. The molecule has 0 radical (unpaired) electrons. The number of nitrogens with zero attached hydrogens (tertiary/aromatic N) is 1. The first-order chi connectivity index (χ1) is 13.2. The van der Waals surface area contributed by atoms with E-state index in [4.69, 9.17) is 18.9 Å². The van der Waals surface area contributed by atoms with E-state index in [2.05, 4.69) is 10.3 Å². The van der Waals surface area contributed by atoms with Gasteiger partial charge < -0.3 is 24.3 Å². The number of carbonyl (C=O) groups is 1. The molecule has 0 saturated carbocycles. The van der Waals surface area contributed by atoms with Crippen LogP contribution in [-0.2, 0) is 4.79 Å². The Balaban J connectivity index is 1.58. The van der Waals surface area contributed by atoms with Crippen molar-refractivity contribution in [2.45, 2.75) is 0 Å². The second kappa shape index (κ2) is 7.24. The lowest BCUT2D eigenvalue weighted by Gasteiger charge is -2.07. The molecule has 2 aromatic rings. The molecule has 4 rings (SSSR count). The number of benzene rings is 2. The quantitative estimate of drug-likeness (QED) is 0.815. The second-order valence-electron chi connectivity index (χ2n) is 5.63. The number of hydrogen-bond donors (Lipinski definition) is 1. The highest BCUT2D eigenvalue weighted by Gasteiger charge is 2.24. The minimum absolute atomic E-state index is 0.205. The average Bonchev–Trinajstić information content (AvgIpc) is 3.28. The Labute approximate surface area is 160 Å². The number of amidine groups is 1. The van der Waals surface area contributed by atoms with Gasteiger partial charge in [0, 0.05) is 6.07 Å². The SMILES string of the molecule is COc1ccc(N=C2NC(=O)/C(=C/c3ccc4c(c3)OCO4)S2)c(OC)c1. The van der Waals surface area contributed by atoms with Crippen molar-refractivity contribution in [1.29, 1.82) is 0 Å². The standard InChI is InChI=1S/C19H16N2O5S/c1-23-12-4-5-13(15(9-12)24-2)20-19-21-18(22)17(27-19)8-11-3-6-14-16(7-11)26-10-25-14/h3-9H,10H2,1-2H3,(H,20,21,22)/b17-8-. The van der Waals surface area contributed by atoms with Crippen molar-refractivity contribution in [3.8, 4) is 23.0 Å². The Hall–Kier alpha value is -3.13. The summed E-state index contributed by atoms with van der Waals surface area (Å²) in [7, 11) is 3.14. The minimum atomic E-state index is -0.205. The molecule has 0 atom stereocenters. The first-order valence-corrected chi connectivity index (χ1v) is 8.89. The molecule has 0 unspecified atom stereocenters. The molecule has 0 aliphatic carbocycles. The third-order valence-corrected chi connectivity index (χ3v) is 4.86. The molecule has 27 heavy (non-hydrogen) atoms. The highest BCUT2D eigenvalue weighted by atomic mass is 32.2. The van der Waals surface area contributed by atoms with Gasteiger partial charge in [-0.05, 0) is 47.7 Å². The second-order valence-corrected chi connectivity index (χ2v) is 6.66. The Bertz CT molecular complexity index is 971. The Kier molecular flexibility index (Phi) is 4.64. The molecule has 1 fully saturated rings. The van der Waals surface area contributed by atoms with Gasteiger partial charge in [-0.2, -0.15) is 0 Å². The van der Waals surface area contributed by atoms with Crippen molar-refractivity contribution in [3.05, 3.63) is 46.9 Å². The van der Waals surface area contributed by atoms with E-state index in [0.717, 1.165) is 5.56 Å². The molecule has 2 heterocycles. The van der Waals surface area contributed by atoms with Gasteiger partial charge in [0.1, 0.15) is 17.2 Å². The summed E-state index contributed by atoms with van der Waals surface area (Å²) < 4.78 is 21.2. The predicted octanol–water partition coefficient (Wildman–Crippen LogP) is 3.32. The van der Waals surface area contributed by atoms with Gasteiger partial charge in [0.15, 0.2) is 16.7 Å². The van der Waals surface area contributed by atoms with Crippen LogP contribution < -0.4 is 24.3 Å². The van der Waals surface area contributed by atoms with Crippen molar-refractivity contribution < 1.29 is 23.7 Å². The summed E-state index contributed by atoms with van der Waals surface area (Å²) in [5.41, 5.74) is 1.45. The van der Waals surface area contributed by atoms with Gasteiger partial charge in [-0.3, -0.25) is 4.79 Å². The van der Waals surface area contributed by atoms with Crippen LogP contribution in [0.15, 0.2) is 46.3 Å². The number of aliphatic imine (C=N–C) groups is 1. The number of hydrogen-bond acceptors (Lipinski definition) is 7. The van der Waals surface area contributed by atoms with Crippen LogP contribution in [0.1, 0.15) is 5.56 Å². The Morgan fingerprint density at radius 3 is 2.78 bits per heavy atom. The van der Waals surface area contributed by atoms with Crippen LogP contribution in [0.5, 0.6) is 23.0 Å². The molecule has 0 spiro atoms. The number of carbonyl (C=O) groups excluding carboxylic acids is 1. The summed E-state index contributed by atoms with van der Waals surface area (Å²) in [5, 5.41) is 3.25. The largest absolute Gasteiger partial charge is 0.497 e. The van der Waals surface area contributed by atoms with E-state index < -0.39 is 0 Å². The molecule has 138 valence electrons. The lowest BCUT2D eigenvalue weighted by molar-refractivity contribution is -0.115. The zero-order valence-electron chi connectivity index (χ0n) is 14.6. The van der Waals surface area contributed by atoms with Crippen LogP contribution in [0.2, 0.25) is 0 Å². The highest BCUT2D eigenvalue weighted by Crippen LogP contribution is 2.36. The van der Waals surface area contributed by atoms with Crippen LogP contribution in [0.25, 0.3) is 6.08 Å². The summed E-state index contributed by atoms with van der Waals surface area (Å²) >= 11 is 1.26. The molecule has 2 aliphatic heterocycles. The van der Waals surface area contributed by atoms with Crippen molar-refractivity contribution in [1.82, 2.24) is 5.32 Å². The number of ether oxygens (including phenoxy) is 4. The summed E-state index contributed by atoms with van der Waals surface area (Å²) in [5.74, 6) is 2.40. The molecule has 2 aliphatic rings. The minimum Gasteiger partial charge on any atom is -0.497 e. The van der Waals surface area contributed by atoms with Gasteiger partial charge in [0.2, 0.25) is 6.79 Å². The molecule has 0 bridgehead atoms. The highest BCUT2D eigenvalue weighted by molar-refractivity contribution is 8.18. The molecule has 2 aromatic carbocycles. The normalized spacial score (nSPS) is 18.1. The van der Waals surface area contributed by atoms with Crippen LogP contribution >= 0.6 is 11.8 Å².